The van der Waals surface area contributed by atoms with E-state index >= 15 is 0 Å². The van der Waals surface area contributed by atoms with Gasteiger partial charge in [-0.3, -0.25) is 4.79 Å². The van der Waals surface area contributed by atoms with Crippen LogP contribution in [0.15, 0.2) is 18.2 Å². The van der Waals surface area contributed by atoms with Crippen LogP contribution in [-0.2, 0) is 6.42 Å². The smallest absolute Gasteiger partial charge is 0.251 e. The maximum absolute atomic E-state index is 12.3. The topological polar surface area (TPSA) is 83.6 Å². The number of rotatable bonds is 5. The quantitative estimate of drug-likeness (QED) is 0.883. The molecule has 6 nitrogen and oxygen atoms in total. The van der Waals surface area contributed by atoms with Crippen molar-refractivity contribution >= 4 is 5.91 Å². The molecule has 0 bridgehead atoms. The number of aromatic nitrogens is 4. The van der Waals surface area contributed by atoms with Crippen molar-refractivity contribution in [1.29, 1.82) is 0 Å². The minimum Gasteiger partial charge on any atom is -0.349 e. The van der Waals surface area contributed by atoms with Crippen molar-refractivity contribution in [3.8, 4) is 11.4 Å². The number of H-pyrrole nitrogens is 1. The summed E-state index contributed by atoms with van der Waals surface area (Å²) in [5.41, 5.74) is 2.54. The molecule has 0 aliphatic heterocycles. The number of tetrazole rings is 1. The van der Waals surface area contributed by atoms with Crippen LogP contribution < -0.4 is 5.32 Å². The Morgan fingerprint density at radius 1 is 1.33 bits per heavy atom. The largest absolute Gasteiger partial charge is 0.349 e. The maximum atomic E-state index is 12.3. The Balaban J connectivity index is 2.30. The third-order valence-corrected chi connectivity index (χ3v) is 3.70. The minimum atomic E-state index is -0.0800. The van der Waals surface area contributed by atoms with E-state index in [1.807, 2.05) is 25.1 Å². The summed E-state index contributed by atoms with van der Waals surface area (Å²) < 4.78 is 0. The summed E-state index contributed by atoms with van der Waals surface area (Å²) in [7, 11) is 0. The zero-order valence-electron chi connectivity index (χ0n) is 12.8. The lowest BCUT2D eigenvalue weighted by atomic mass is 10.0. The first-order chi connectivity index (χ1) is 10.0. The van der Waals surface area contributed by atoms with Crippen LogP contribution in [0.25, 0.3) is 11.4 Å². The molecular formula is C15H21N5O. The normalized spacial score (nSPS) is 12.4. The van der Waals surface area contributed by atoms with Gasteiger partial charge >= 0.3 is 0 Å². The maximum Gasteiger partial charge on any atom is 0.251 e. The summed E-state index contributed by atoms with van der Waals surface area (Å²) in [6.07, 6.45) is 0.841. The Labute approximate surface area is 124 Å². The highest BCUT2D eigenvalue weighted by Gasteiger charge is 2.15. The highest BCUT2D eigenvalue weighted by atomic mass is 16.1. The molecule has 2 N–H and O–H groups in total. The Hall–Kier alpha value is -2.24. The molecule has 1 aromatic carbocycles. The van der Waals surface area contributed by atoms with Gasteiger partial charge in [0.05, 0.1) is 0 Å². The average Bonchev–Trinajstić information content (AvgIpc) is 3.00. The van der Waals surface area contributed by atoms with E-state index in [1.165, 1.54) is 0 Å². The number of benzene rings is 1. The molecule has 1 amide bonds. The number of aryl methyl sites for hydroxylation is 1. The Kier molecular flexibility index (Phi) is 4.67. The average molecular weight is 287 g/mol. The van der Waals surface area contributed by atoms with Crippen molar-refractivity contribution in [2.45, 2.75) is 40.2 Å². The van der Waals surface area contributed by atoms with Gasteiger partial charge in [-0.2, -0.15) is 5.21 Å². The molecule has 1 unspecified atom stereocenters. The van der Waals surface area contributed by atoms with Crippen molar-refractivity contribution in [1.82, 2.24) is 25.9 Å². The number of amides is 1. The van der Waals surface area contributed by atoms with Gasteiger partial charge in [0.2, 0.25) is 5.82 Å². The van der Waals surface area contributed by atoms with Gasteiger partial charge in [-0.1, -0.05) is 26.8 Å². The molecule has 1 atom stereocenters. The predicted octanol–water partition coefficient (Wildman–Crippen LogP) is 2.20. The molecule has 2 rings (SSSR count). The van der Waals surface area contributed by atoms with E-state index in [4.69, 9.17) is 0 Å². The van der Waals surface area contributed by atoms with E-state index in [-0.39, 0.29) is 11.9 Å². The summed E-state index contributed by atoms with van der Waals surface area (Å²) in [6, 6.07) is 5.73. The van der Waals surface area contributed by atoms with Crippen molar-refractivity contribution in [2.75, 3.05) is 0 Å². The molecule has 0 saturated carbocycles. The highest BCUT2D eigenvalue weighted by Crippen LogP contribution is 2.22. The van der Waals surface area contributed by atoms with Gasteiger partial charge in [0.1, 0.15) is 0 Å². The number of carbonyl (C=O) groups is 1. The Bertz CT molecular complexity index is 607. The first-order valence-corrected chi connectivity index (χ1v) is 7.20. The van der Waals surface area contributed by atoms with Gasteiger partial charge in [0.15, 0.2) is 0 Å². The summed E-state index contributed by atoms with van der Waals surface area (Å²) >= 11 is 0. The summed E-state index contributed by atoms with van der Waals surface area (Å²) in [5, 5.41) is 17.0. The van der Waals surface area contributed by atoms with Crippen LogP contribution in [0.4, 0.5) is 0 Å². The van der Waals surface area contributed by atoms with Crippen LogP contribution in [0.1, 0.15) is 43.6 Å². The zero-order valence-corrected chi connectivity index (χ0v) is 12.8. The molecule has 2 aromatic rings. The van der Waals surface area contributed by atoms with Crippen LogP contribution in [0, 0.1) is 5.92 Å². The summed E-state index contributed by atoms with van der Waals surface area (Å²) in [5.74, 6) is 0.822. The second-order valence-corrected chi connectivity index (χ2v) is 5.47. The highest BCUT2D eigenvalue weighted by molar-refractivity contribution is 5.95. The monoisotopic (exact) mass is 287 g/mol. The van der Waals surface area contributed by atoms with Crippen molar-refractivity contribution in [2.24, 2.45) is 5.92 Å². The third-order valence-electron chi connectivity index (χ3n) is 3.70. The van der Waals surface area contributed by atoms with Crippen LogP contribution in [0.5, 0.6) is 0 Å². The molecule has 0 aliphatic carbocycles. The van der Waals surface area contributed by atoms with E-state index in [0.717, 1.165) is 17.5 Å². The van der Waals surface area contributed by atoms with E-state index in [2.05, 4.69) is 46.7 Å². The Morgan fingerprint density at radius 3 is 2.67 bits per heavy atom. The zero-order chi connectivity index (χ0) is 15.4. The van der Waals surface area contributed by atoms with E-state index in [1.54, 1.807) is 0 Å². The van der Waals surface area contributed by atoms with Crippen LogP contribution >= 0.6 is 0 Å². The van der Waals surface area contributed by atoms with Gasteiger partial charge in [-0.05, 0) is 42.2 Å². The molecule has 0 spiro atoms. The number of nitrogens with zero attached hydrogens (tertiary/aromatic N) is 3. The molecule has 112 valence electrons. The molecule has 0 fully saturated rings. The van der Waals surface area contributed by atoms with E-state index in [0.29, 0.717) is 17.3 Å². The van der Waals surface area contributed by atoms with Gasteiger partial charge in [0, 0.05) is 17.2 Å². The van der Waals surface area contributed by atoms with Gasteiger partial charge in [-0.25, -0.2) is 0 Å². The van der Waals surface area contributed by atoms with E-state index in [9.17, 15) is 4.79 Å². The third kappa shape index (κ3) is 3.45. The number of hydrogen-bond acceptors (Lipinski definition) is 4. The fourth-order valence-corrected chi connectivity index (χ4v) is 1.97. The first kappa shape index (κ1) is 15.2. The van der Waals surface area contributed by atoms with Gasteiger partial charge in [-0.15, -0.1) is 10.2 Å². The number of carbonyl (C=O) groups excluding carboxylic acids is 1. The van der Waals surface area contributed by atoms with Crippen LogP contribution in [0.2, 0.25) is 0 Å². The molecule has 21 heavy (non-hydrogen) atoms. The summed E-state index contributed by atoms with van der Waals surface area (Å²) in [6.45, 7) is 8.22. The number of hydrogen-bond donors (Lipinski definition) is 2. The lowest BCUT2D eigenvalue weighted by molar-refractivity contribution is 0.0930. The molecule has 0 radical (unpaired) electrons. The number of aromatic amines is 1. The van der Waals surface area contributed by atoms with Crippen molar-refractivity contribution in [3.63, 3.8) is 0 Å². The van der Waals surface area contributed by atoms with Crippen molar-refractivity contribution in [3.05, 3.63) is 29.3 Å². The molecule has 1 heterocycles. The molecule has 0 aliphatic rings. The van der Waals surface area contributed by atoms with Crippen LogP contribution in [-0.4, -0.2) is 32.6 Å². The molecule has 0 saturated heterocycles. The fraction of sp³-hybridized carbons (Fsp3) is 0.467. The lowest BCUT2D eigenvalue weighted by Gasteiger charge is -2.17. The van der Waals surface area contributed by atoms with Crippen LogP contribution in [0.3, 0.4) is 0 Å². The molecule has 6 heteroatoms. The summed E-state index contributed by atoms with van der Waals surface area (Å²) in [4.78, 5) is 12.3. The lowest BCUT2D eigenvalue weighted by Crippen LogP contribution is -2.36. The first-order valence-electron chi connectivity index (χ1n) is 7.20. The molecule has 1 aromatic heterocycles. The van der Waals surface area contributed by atoms with E-state index < -0.39 is 0 Å². The Morgan fingerprint density at radius 2 is 2.10 bits per heavy atom. The predicted molar refractivity (Wildman–Crippen MR) is 80.8 cm³/mol. The fourth-order valence-electron chi connectivity index (χ4n) is 1.97. The SMILES string of the molecule is CCc1ccc(C(=O)NC(C)C(C)C)cc1-c1nn[nH]n1. The minimum absolute atomic E-state index is 0.0800. The number of nitrogens with one attached hydrogen (secondary N) is 2. The second kappa shape index (κ2) is 6.47. The second-order valence-electron chi connectivity index (χ2n) is 5.47. The standard InChI is InChI=1S/C15H21N5O/c1-5-11-6-7-12(15(21)16-10(4)9(2)3)8-13(11)14-17-19-20-18-14/h6-10H,5H2,1-4H3,(H,16,21)(H,17,18,19,20). The molecular weight excluding hydrogens is 266 g/mol. The van der Waals surface area contributed by atoms with Gasteiger partial charge in [0.25, 0.3) is 5.91 Å². The van der Waals surface area contributed by atoms with Gasteiger partial charge < -0.3 is 5.32 Å². The van der Waals surface area contributed by atoms with Crippen molar-refractivity contribution < 1.29 is 4.79 Å².